The summed E-state index contributed by atoms with van der Waals surface area (Å²) < 4.78 is 22.5. The molecule has 0 amide bonds. The average molecular weight is 426 g/mol. The molecular weight excluding hydrogens is 403 g/mol. The number of pyridine rings is 1. The number of hydrogen-bond acceptors (Lipinski definition) is 6. The van der Waals surface area contributed by atoms with E-state index in [-0.39, 0.29) is 28.1 Å². The van der Waals surface area contributed by atoms with E-state index < -0.39 is 28.3 Å². The second-order valence-electron chi connectivity index (χ2n) is 9.41. The lowest BCUT2D eigenvalue weighted by atomic mass is 9.54. The number of nitrogens with two attached hydrogens (primary N) is 1. The van der Waals surface area contributed by atoms with Crippen LogP contribution in [0, 0.1) is 22.6 Å². The van der Waals surface area contributed by atoms with Gasteiger partial charge < -0.3 is 25.0 Å². The van der Waals surface area contributed by atoms with Gasteiger partial charge in [-0.25, -0.2) is 9.18 Å². The number of benzene rings is 1. The Hall–Kier alpha value is -2.96. The van der Waals surface area contributed by atoms with Crippen LogP contribution >= 0.6 is 0 Å². The fraction of sp³-hybridized carbons (Fsp3) is 0.500. The van der Waals surface area contributed by atoms with Crippen molar-refractivity contribution in [2.45, 2.75) is 37.3 Å². The van der Waals surface area contributed by atoms with Crippen molar-refractivity contribution in [3.63, 3.8) is 0 Å². The number of carbonyl (C=O) groups is 1. The number of carboxylic acids is 1. The quantitative estimate of drug-likeness (QED) is 0.750. The van der Waals surface area contributed by atoms with Gasteiger partial charge in [0.25, 0.3) is 0 Å². The minimum atomic E-state index is -1.37. The van der Waals surface area contributed by atoms with Crippen LogP contribution in [0.5, 0.6) is 0 Å². The molecule has 0 unspecified atom stereocenters. The van der Waals surface area contributed by atoms with E-state index in [9.17, 15) is 20.0 Å². The van der Waals surface area contributed by atoms with Crippen LogP contribution in [0.2, 0.25) is 0 Å². The Morgan fingerprint density at radius 2 is 2.13 bits per heavy atom. The number of anilines is 1. The Kier molecular flexibility index (Phi) is 4.20. The van der Waals surface area contributed by atoms with Gasteiger partial charge in [-0.2, -0.15) is 5.26 Å². The van der Waals surface area contributed by atoms with Gasteiger partial charge in [-0.3, -0.25) is 4.79 Å². The number of piperidine rings is 2. The number of aromatic nitrogens is 1. The molecule has 2 aliphatic carbocycles. The van der Waals surface area contributed by atoms with Crippen molar-refractivity contribution in [1.82, 2.24) is 4.57 Å². The zero-order valence-corrected chi connectivity index (χ0v) is 17.2. The van der Waals surface area contributed by atoms with Crippen molar-refractivity contribution < 1.29 is 19.0 Å². The largest absolute Gasteiger partial charge is 0.477 e. The molecule has 162 valence electrons. The van der Waals surface area contributed by atoms with Crippen LogP contribution in [0.4, 0.5) is 10.1 Å². The number of nitriles is 1. The summed E-state index contributed by atoms with van der Waals surface area (Å²) in [6, 6.07) is 3.16. The van der Waals surface area contributed by atoms with Gasteiger partial charge in [0.2, 0.25) is 5.43 Å². The van der Waals surface area contributed by atoms with Crippen LogP contribution in [-0.4, -0.2) is 48.0 Å². The first kappa shape index (κ1) is 20.0. The number of carboxylic acid groups (broad SMARTS) is 1. The van der Waals surface area contributed by atoms with Crippen molar-refractivity contribution in [3.05, 3.63) is 39.4 Å². The van der Waals surface area contributed by atoms with Crippen molar-refractivity contribution in [1.29, 1.82) is 5.26 Å². The number of rotatable bonds is 5. The van der Waals surface area contributed by atoms with Crippen molar-refractivity contribution in [2.75, 3.05) is 31.7 Å². The summed E-state index contributed by atoms with van der Waals surface area (Å²) >= 11 is 0. The number of methoxy groups -OCH3 is 1. The van der Waals surface area contributed by atoms with Gasteiger partial charge in [0, 0.05) is 43.4 Å². The third-order valence-corrected chi connectivity index (χ3v) is 6.78. The highest BCUT2D eigenvalue weighted by atomic mass is 19.1. The lowest BCUT2D eigenvalue weighted by Crippen LogP contribution is -2.72. The molecule has 4 fully saturated rings. The van der Waals surface area contributed by atoms with E-state index in [1.165, 1.54) is 6.20 Å². The number of fused-ring (bicyclic) bond motifs is 3. The van der Waals surface area contributed by atoms with Crippen LogP contribution in [0.3, 0.4) is 0 Å². The van der Waals surface area contributed by atoms with Gasteiger partial charge in [-0.1, -0.05) is 0 Å². The highest BCUT2D eigenvalue weighted by Gasteiger charge is 2.58. The van der Waals surface area contributed by atoms with Gasteiger partial charge in [0.15, 0.2) is 0 Å². The zero-order chi connectivity index (χ0) is 22.1. The first-order valence-corrected chi connectivity index (χ1v) is 10.3. The number of nitrogens with zero attached hydrogens (tertiary/aromatic N) is 3. The summed E-state index contributed by atoms with van der Waals surface area (Å²) in [5.41, 5.74) is 5.08. The van der Waals surface area contributed by atoms with E-state index >= 15 is 4.39 Å². The molecule has 0 spiro atoms. The van der Waals surface area contributed by atoms with Gasteiger partial charge >= 0.3 is 5.97 Å². The Labute approximate surface area is 177 Å². The third-order valence-electron chi connectivity index (χ3n) is 6.78. The Bertz CT molecular complexity index is 1220. The topological polar surface area (TPSA) is 122 Å². The maximum atomic E-state index is 15.4. The molecule has 3 heterocycles. The predicted octanol–water partition coefficient (Wildman–Crippen LogP) is 1.99. The molecule has 0 atom stereocenters. The van der Waals surface area contributed by atoms with Crippen LogP contribution in [-0.2, 0) is 4.74 Å². The fourth-order valence-electron chi connectivity index (χ4n) is 5.80. The van der Waals surface area contributed by atoms with Crippen molar-refractivity contribution in [2.24, 2.45) is 11.1 Å². The lowest BCUT2D eigenvalue weighted by molar-refractivity contribution is -0.0529. The monoisotopic (exact) mass is 426 g/mol. The lowest BCUT2D eigenvalue weighted by Gasteiger charge is -2.62. The van der Waals surface area contributed by atoms with E-state index in [1.54, 1.807) is 16.6 Å². The van der Waals surface area contributed by atoms with E-state index in [2.05, 4.69) is 6.07 Å². The zero-order valence-electron chi connectivity index (χ0n) is 17.2. The molecular formula is C22H23FN4O4. The Morgan fingerprint density at radius 3 is 2.71 bits per heavy atom. The molecule has 8 nitrogen and oxygen atoms in total. The predicted molar refractivity (Wildman–Crippen MR) is 111 cm³/mol. The first-order valence-electron chi connectivity index (χ1n) is 10.3. The number of hydrogen-bond donors (Lipinski definition) is 2. The molecule has 2 saturated carbocycles. The van der Waals surface area contributed by atoms with Crippen LogP contribution in [0.15, 0.2) is 17.1 Å². The number of aromatic carboxylic acids is 1. The molecule has 1 aromatic carbocycles. The van der Waals surface area contributed by atoms with Gasteiger partial charge in [-0.05, 0) is 31.7 Å². The van der Waals surface area contributed by atoms with Gasteiger partial charge in [0.1, 0.15) is 23.0 Å². The number of ether oxygens (including phenoxy) is 1. The average Bonchev–Trinajstić information content (AvgIpc) is 3.51. The Balaban J connectivity index is 1.74. The molecule has 31 heavy (non-hydrogen) atoms. The fourth-order valence-corrected chi connectivity index (χ4v) is 5.80. The molecule has 2 aliphatic heterocycles. The summed E-state index contributed by atoms with van der Waals surface area (Å²) in [5, 5.41) is 19.4. The van der Waals surface area contributed by atoms with Crippen LogP contribution in [0.1, 0.15) is 47.6 Å². The second kappa shape index (κ2) is 6.52. The maximum Gasteiger partial charge on any atom is 0.341 e. The smallest absolute Gasteiger partial charge is 0.341 e. The molecule has 3 N–H and O–H groups in total. The van der Waals surface area contributed by atoms with E-state index in [1.807, 2.05) is 0 Å². The molecule has 1 aromatic heterocycles. The van der Waals surface area contributed by atoms with Gasteiger partial charge in [0.05, 0.1) is 23.2 Å². The van der Waals surface area contributed by atoms with E-state index in [0.29, 0.717) is 25.2 Å². The minimum absolute atomic E-state index is 0.0120. The normalized spacial score (nSPS) is 27.1. The van der Waals surface area contributed by atoms with Crippen LogP contribution in [0.25, 0.3) is 10.9 Å². The third kappa shape index (κ3) is 2.93. The van der Waals surface area contributed by atoms with Crippen molar-refractivity contribution >= 4 is 22.6 Å². The van der Waals surface area contributed by atoms with Crippen molar-refractivity contribution in [3.8, 4) is 6.07 Å². The maximum absolute atomic E-state index is 15.4. The molecule has 2 saturated heterocycles. The molecule has 9 heteroatoms. The van der Waals surface area contributed by atoms with E-state index in [0.717, 1.165) is 31.7 Å². The number of halogens is 1. The second-order valence-corrected chi connectivity index (χ2v) is 9.41. The summed E-state index contributed by atoms with van der Waals surface area (Å²) in [6.45, 7) is 1.39. The first-order chi connectivity index (χ1) is 14.7. The molecule has 2 bridgehead atoms. The van der Waals surface area contributed by atoms with E-state index in [4.69, 9.17) is 10.5 Å². The summed E-state index contributed by atoms with van der Waals surface area (Å²) in [4.78, 5) is 26.2. The SMILES string of the molecule is COCC12CN(c3c(F)cc4c(=O)c(C(=O)O)cn(C5CC5)c4c3C#N)CC(N)(C1)C2. The standard InChI is InChI=1S/C22H23FN4O4/c1-31-11-21-7-22(25,8-21)10-26(9-21)18-14(5-24)17-13(4-16(18)23)19(28)15(20(29)30)6-27(17)12-2-3-12/h4,6,12H,2-3,7-11,25H2,1H3,(H,29,30). The summed E-state index contributed by atoms with van der Waals surface area (Å²) in [6.07, 6.45) is 4.45. The highest BCUT2D eigenvalue weighted by molar-refractivity contribution is 5.96. The Morgan fingerprint density at radius 1 is 1.42 bits per heavy atom. The molecule has 4 aliphatic rings. The molecule has 6 rings (SSSR count). The minimum Gasteiger partial charge on any atom is -0.477 e. The molecule has 2 aromatic rings. The van der Waals surface area contributed by atoms with Crippen LogP contribution < -0.4 is 16.1 Å². The highest BCUT2D eigenvalue weighted by Crippen LogP contribution is 2.53. The van der Waals surface area contributed by atoms with Gasteiger partial charge in [-0.15, -0.1) is 0 Å². The molecule has 0 radical (unpaired) electrons. The summed E-state index contributed by atoms with van der Waals surface area (Å²) in [7, 11) is 1.62. The summed E-state index contributed by atoms with van der Waals surface area (Å²) in [5.74, 6) is -2.09.